The second-order valence-corrected chi connectivity index (χ2v) is 8.57. The van der Waals surface area contributed by atoms with Crippen molar-refractivity contribution in [2.45, 2.75) is 32.4 Å². The van der Waals surface area contributed by atoms with Crippen molar-refractivity contribution < 1.29 is 13.4 Å². The van der Waals surface area contributed by atoms with E-state index in [1.54, 1.807) is 7.05 Å². The van der Waals surface area contributed by atoms with Gasteiger partial charge in [0, 0.05) is 19.8 Å². The molecule has 4 rings (SSSR count). The summed E-state index contributed by atoms with van der Waals surface area (Å²) in [5.41, 5.74) is 2.16. The number of nitrogens with zero attached hydrogens (tertiary/aromatic N) is 3. The van der Waals surface area contributed by atoms with E-state index in [0.717, 1.165) is 11.0 Å². The van der Waals surface area contributed by atoms with Crippen LogP contribution in [0.4, 0.5) is 10.1 Å². The van der Waals surface area contributed by atoms with Crippen molar-refractivity contribution in [1.29, 1.82) is 0 Å². The van der Waals surface area contributed by atoms with Gasteiger partial charge in [-0.25, -0.2) is 22.6 Å². The first-order valence-corrected chi connectivity index (χ1v) is 11.4. The zero-order valence-electron chi connectivity index (χ0n) is 17.7. The number of benzene rings is 2. The van der Waals surface area contributed by atoms with Gasteiger partial charge in [0.15, 0.2) is 11.2 Å². The lowest BCUT2D eigenvalue weighted by molar-refractivity contribution is -0.120. The number of anilines is 1. The van der Waals surface area contributed by atoms with Crippen LogP contribution in [0.3, 0.4) is 0 Å². The van der Waals surface area contributed by atoms with E-state index >= 15 is 0 Å². The summed E-state index contributed by atoms with van der Waals surface area (Å²) < 4.78 is 32.4. The summed E-state index contributed by atoms with van der Waals surface area (Å²) in [4.78, 5) is 17.5. The van der Waals surface area contributed by atoms with Crippen LogP contribution in [0.5, 0.6) is 0 Å². The van der Waals surface area contributed by atoms with E-state index in [1.807, 2.05) is 49.7 Å². The molecule has 2 N–H and O–H groups in total. The summed E-state index contributed by atoms with van der Waals surface area (Å²) in [7, 11) is 3.50. The largest absolute Gasteiger partial charge is 0.330 e. The molecule has 166 valence electrons. The Bertz CT molecular complexity index is 1120. The van der Waals surface area contributed by atoms with Crippen molar-refractivity contribution in [3.63, 3.8) is 0 Å². The fraction of sp³-hybridized carbons (Fsp3) is 0.333. The highest BCUT2D eigenvalue weighted by molar-refractivity contribution is 7.80. The fourth-order valence-corrected chi connectivity index (χ4v) is 4.65. The van der Waals surface area contributed by atoms with E-state index < -0.39 is 23.0 Å². The highest BCUT2D eigenvalue weighted by atomic mass is 35.5. The molecule has 31 heavy (non-hydrogen) atoms. The van der Waals surface area contributed by atoms with E-state index in [0.29, 0.717) is 17.9 Å². The van der Waals surface area contributed by atoms with Crippen LogP contribution in [0, 0.1) is 5.82 Å². The molecular formula is C21H25ClFN5O2S. The second-order valence-electron chi connectivity index (χ2n) is 6.85. The van der Waals surface area contributed by atoms with Gasteiger partial charge in [0.25, 0.3) is 0 Å². The molecular weight excluding hydrogens is 441 g/mol. The quantitative estimate of drug-likeness (QED) is 0.614. The number of aryl methyl sites for hydroxylation is 1. The van der Waals surface area contributed by atoms with Gasteiger partial charge in [0.2, 0.25) is 5.91 Å². The number of halogens is 2. The number of amides is 1. The highest BCUT2D eigenvalue weighted by Crippen LogP contribution is 2.29. The molecule has 0 aliphatic carbocycles. The number of carbonyl (C=O) groups excluding carboxylic acids is 1. The Morgan fingerprint density at radius 2 is 1.97 bits per heavy atom. The summed E-state index contributed by atoms with van der Waals surface area (Å²) in [5.74, 6) is -0.212. The lowest BCUT2D eigenvalue weighted by atomic mass is 10.1. The van der Waals surface area contributed by atoms with Crippen molar-refractivity contribution in [3.8, 4) is 0 Å². The smallest absolute Gasteiger partial charge is 0.242 e. The lowest BCUT2D eigenvalue weighted by Gasteiger charge is -2.35. The van der Waals surface area contributed by atoms with E-state index in [9.17, 15) is 13.4 Å². The number of likely N-dealkylation sites (N-methyl/N-ethyl adjacent to an activating group) is 1. The first-order chi connectivity index (χ1) is 14.8. The molecule has 1 aliphatic rings. The molecule has 1 aromatic heterocycles. The van der Waals surface area contributed by atoms with Crippen LogP contribution < -0.4 is 10.0 Å². The average Bonchev–Trinajstić information content (AvgIpc) is 3.11. The summed E-state index contributed by atoms with van der Waals surface area (Å²) >= 11 is 4.21. The fourth-order valence-electron chi connectivity index (χ4n) is 3.45. The van der Waals surface area contributed by atoms with Crippen LogP contribution >= 0.6 is 11.6 Å². The number of nitrogens with one attached hydrogen (secondary N) is 2. The number of para-hydroxylation sites is 2. The van der Waals surface area contributed by atoms with Crippen LogP contribution in [0.2, 0.25) is 5.02 Å². The van der Waals surface area contributed by atoms with Gasteiger partial charge in [-0.15, -0.1) is 0 Å². The SMILES string of the molecule is CC.CN1C(C(=O)Nc2ccc(F)c(Cl)c2)CC(c2nc3ccccc3n2C)NS1=O. The molecule has 1 aliphatic heterocycles. The molecule has 3 aromatic rings. The van der Waals surface area contributed by atoms with Gasteiger partial charge in [-0.05, 0) is 36.8 Å². The van der Waals surface area contributed by atoms with Crippen LogP contribution in [-0.4, -0.2) is 37.1 Å². The van der Waals surface area contributed by atoms with Crippen LogP contribution in [0.15, 0.2) is 42.5 Å². The Balaban J connectivity index is 0.00000132. The number of aromatic nitrogens is 2. The maximum absolute atomic E-state index is 13.4. The Labute approximate surface area is 188 Å². The van der Waals surface area contributed by atoms with Gasteiger partial charge in [0.05, 0.1) is 22.1 Å². The third-order valence-electron chi connectivity index (χ3n) is 5.03. The molecule has 0 spiro atoms. The maximum atomic E-state index is 13.4. The Kier molecular flexibility index (Phi) is 7.42. The summed E-state index contributed by atoms with van der Waals surface area (Å²) in [6.45, 7) is 4.00. The molecule has 2 heterocycles. The molecule has 3 atom stereocenters. The van der Waals surface area contributed by atoms with Crippen molar-refractivity contribution in [3.05, 3.63) is 59.1 Å². The van der Waals surface area contributed by atoms with Crippen molar-refractivity contribution >= 4 is 45.4 Å². The van der Waals surface area contributed by atoms with Crippen molar-refractivity contribution in [1.82, 2.24) is 18.6 Å². The number of hydrogen-bond acceptors (Lipinski definition) is 3. The predicted octanol–water partition coefficient (Wildman–Crippen LogP) is 3.94. The van der Waals surface area contributed by atoms with Crippen molar-refractivity contribution in [2.24, 2.45) is 7.05 Å². The van der Waals surface area contributed by atoms with Gasteiger partial charge in [-0.3, -0.25) is 4.79 Å². The summed E-state index contributed by atoms with van der Waals surface area (Å²) in [6.07, 6.45) is 0.361. The molecule has 2 aromatic carbocycles. The van der Waals surface area contributed by atoms with Gasteiger partial charge in [-0.2, -0.15) is 0 Å². The Morgan fingerprint density at radius 3 is 2.65 bits per heavy atom. The highest BCUT2D eigenvalue weighted by Gasteiger charge is 2.38. The zero-order chi connectivity index (χ0) is 22.7. The van der Waals surface area contributed by atoms with Crippen LogP contribution in [-0.2, 0) is 23.0 Å². The minimum absolute atomic E-state index is 0.0809. The van der Waals surface area contributed by atoms with E-state index in [2.05, 4.69) is 15.0 Å². The number of imidazole rings is 1. The Morgan fingerprint density at radius 1 is 1.26 bits per heavy atom. The van der Waals surface area contributed by atoms with Crippen LogP contribution in [0.25, 0.3) is 11.0 Å². The monoisotopic (exact) mass is 465 g/mol. The summed E-state index contributed by atoms with van der Waals surface area (Å²) in [6, 6.07) is 10.6. The molecule has 1 saturated heterocycles. The van der Waals surface area contributed by atoms with Gasteiger partial charge < -0.3 is 9.88 Å². The van der Waals surface area contributed by atoms with E-state index in [-0.39, 0.29) is 17.0 Å². The normalized spacial score (nSPS) is 21.4. The number of fused-ring (bicyclic) bond motifs is 1. The predicted molar refractivity (Wildman–Crippen MR) is 122 cm³/mol. The van der Waals surface area contributed by atoms with Crippen molar-refractivity contribution in [2.75, 3.05) is 12.4 Å². The number of hydrogen-bond donors (Lipinski definition) is 2. The zero-order valence-corrected chi connectivity index (χ0v) is 19.3. The minimum atomic E-state index is -1.58. The number of carbonyl (C=O) groups is 1. The van der Waals surface area contributed by atoms with E-state index in [4.69, 9.17) is 11.6 Å². The summed E-state index contributed by atoms with van der Waals surface area (Å²) in [5, 5.41) is 2.64. The van der Waals surface area contributed by atoms with E-state index in [1.165, 1.54) is 22.5 Å². The van der Waals surface area contributed by atoms with Gasteiger partial charge in [0.1, 0.15) is 17.7 Å². The molecule has 0 saturated carbocycles. The third kappa shape index (κ3) is 4.79. The number of rotatable bonds is 3. The first-order valence-electron chi connectivity index (χ1n) is 9.93. The average molecular weight is 466 g/mol. The Hall–Kier alpha value is -2.33. The van der Waals surface area contributed by atoms with Gasteiger partial charge >= 0.3 is 0 Å². The molecule has 7 nitrogen and oxygen atoms in total. The van der Waals surface area contributed by atoms with Crippen LogP contribution in [0.1, 0.15) is 32.1 Å². The standard InChI is InChI=1S/C19H19ClFN5O2S.C2H6/c1-25-16-6-4-3-5-14(16)23-18(25)15-10-17(26(2)29(28)24-15)19(27)22-11-7-8-13(21)12(20)9-11;1-2/h3-9,15,17,24H,10H2,1-2H3,(H,22,27);1-2H3. The van der Waals surface area contributed by atoms with Gasteiger partial charge in [-0.1, -0.05) is 37.6 Å². The third-order valence-corrected chi connectivity index (χ3v) is 6.58. The molecule has 0 radical (unpaired) electrons. The minimum Gasteiger partial charge on any atom is -0.330 e. The maximum Gasteiger partial charge on any atom is 0.242 e. The molecule has 10 heteroatoms. The molecule has 3 unspecified atom stereocenters. The molecule has 1 fully saturated rings. The lowest BCUT2D eigenvalue weighted by Crippen LogP contribution is -2.53. The topological polar surface area (TPSA) is 79.3 Å². The molecule has 0 bridgehead atoms. The first kappa shape index (κ1) is 23.3. The molecule has 1 amide bonds. The second kappa shape index (κ2) is 9.86.